The highest BCUT2D eigenvalue weighted by atomic mass is 35.5. The molecule has 1 fully saturated rings. The fourth-order valence-electron chi connectivity index (χ4n) is 6.11. The molecule has 0 aliphatic carbocycles. The number of hydrogen-bond donors (Lipinski definition) is 4. The number of carbonyl (C=O) groups excluding carboxylic acids is 3. The van der Waals surface area contributed by atoms with E-state index in [0.29, 0.717) is 17.8 Å². The average Bonchev–Trinajstić information content (AvgIpc) is 3.60. The number of rotatable bonds is 9. The van der Waals surface area contributed by atoms with Gasteiger partial charge < -0.3 is 20.1 Å². The van der Waals surface area contributed by atoms with Crippen LogP contribution in [0, 0.1) is 11.6 Å². The Hall–Kier alpha value is -5.64. The number of nitrogens with zero attached hydrogens (tertiary/aromatic N) is 5. The maximum atomic E-state index is 15.4. The van der Waals surface area contributed by atoms with Crippen LogP contribution < -0.4 is 15.5 Å². The predicted molar refractivity (Wildman–Crippen MR) is 170 cm³/mol. The summed E-state index contributed by atoms with van der Waals surface area (Å²) in [5.74, 6) is -2.10. The van der Waals surface area contributed by atoms with Gasteiger partial charge in [0.05, 0.1) is 22.8 Å². The summed E-state index contributed by atoms with van der Waals surface area (Å²) in [6.45, 7) is 0.0449. The van der Waals surface area contributed by atoms with E-state index in [1.807, 2.05) is 0 Å². The Balaban J connectivity index is 1.23. The van der Waals surface area contributed by atoms with Gasteiger partial charge in [-0.1, -0.05) is 28.9 Å². The molecule has 254 valence electrons. The summed E-state index contributed by atoms with van der Waals surface area (Å²) >= 11 is 6.09. The Morgan fingerprint density at radius 1 is 1.10 bits per heavy atom. The third kappa shape index (κ3) is 7.13. The first-order valence-corrected chi connectivity index (χ1v) is 15.6. The lowest BCUT2D eigenvalue weighted by atomic mass is 9.82. The number of benzene rings is 3. The molecular formula is C32H29ClF2N8O6. The highest BCUT2D eigenvalue weighted by Gasteiger charge is 2.49. The number of fused-ring (bicyclic) bond motifs is 2. The van der Waals surface area contributed by atoms with Crippen LogP contribution in [0.15, 0.2) is 60.7 Å². The van der Waals surface area contributed by atoms with E-state index in [2.05, 4.69) is 31.3 Å². The van der Waals surface area contributed by atoms with Gasteiger partial charge in [-0.2, -0.15) is 5.21 Å². The Morgan fingerprint density at radius 2 is 1.86 bits per heavy atom. The summed E-state index contributed by atoms with van der Waals surface area (Å²) in [5.41, 5.74) is -0.336. The Morgan fingerprint density at radius 3 is 2.55 bits per heavy atom. The van der Waals surface area contributed by atoms with Crippen molar-refractivity contribution in [3.63, 3.8) is 0 Å². The largest absolute Gasteiger partial charge is 0.465 e. The number of carboxylic acid groups (broad SMARTS) is 1. The second-order valence-electron chi connectivity index (χ2n) is 11.6. The number of tetrazole rings is 1. The highest BCUT2D eigenvalue weighted by molar-refractivity contribution is 6.31. The maximum Gasteiger partial charge on any atom is 0.412 e. The lowest BCUT2D eigenvalue weighted by molar-refractivity contribution is -0.141. The monoisotopic (exact) mass is 694 g/mol. The van der Waals surface area contributed by atoms with Crippen LogP contribution in [-0.4, -0.2) is 80.3 Å². The zero-order valence-corrected chi connectivity index (χ0v) is 26.4. The molecule has 0 bridgehead atoms. The van der Waals surface area contributed by atoms with Crippen LogP contribution in [0.3, 0.4) is 0 Å². The lowest BCUT2D eigenvalue weighted by Crippen LogP contribution is -2.57. The van der Waals surface area contributed by atoms with E-state index in [0.717, 1.165) is 4.90 Å². The van der Waals surface area contributed by atoms with Crippen molar-refractivity contribution in [1.82, 2.24) is 30.8 Å². The van der Waals surface area contributed by atoms with Crippen molar-refractivity contribution in [1.29, 1.82) is 0 Å². The molecule has 4 amide bonds. The second kappa shape index (κ2) is 13.8. The number of aromatic amines is 1. The van der Waals surface area contributed by atoms with Crippen LogP contribution >= 0.6 is 11.6 Å². The number of piperidine rings is 1. The summed E-state index contributed by atoms with van der Waals surface area (Å²) < 4.78 is 34.8. The molecule has 2 atom stereocenters. The molecular weight excluding hydrogens is 666 g/mol. The van der Waals surface area contributed by atoms with Crippen LogP contribution in [0.4, 0.5) is 29.7 Å². The van der Waals surface area contributed by atoms with E-state index in [4.69, 9.17) is 16.3 Å². The van der Waals surface area contributed by atoms with Gasteiger partial charge in [0.25, 0.3) is 5.91 Å². The molecule has 1 spiro atoms. The molecule has 4 aromatic rings. The van der Waals surface area contributed by atoms with Gasteiger partial charge in [0.1, 0.15) is 11.9 Å². The Kier molecular flexibility index (Phi) is 9.40. The normalized spacial score (nSPS) is 17.4. The van der Waals surface area contributed by atoms with Crippen LogP contribution in [0.5, 0.6) is 0 Å². The molecule has 6 rings (SSSR count). The van der Waals surface area contributed by atoms with Crippen molar-refractivity contribution in [2.45, 2.75) is 37.3 Å². The molecule has 1 aromatic heterocycles. The van der Waals surface area contributed by atoms with Gasteiger partial charge in [0, 0.05) is 37.2 Å². The molecule has 0 radical (unpaired) electrons. The molecule has 1 unspecified atom stereocenters. The number of hydrogen-bond acceptors (Lipinski definition) is 8. The molecule has 0 saturated carbocycles. The van der Waals surface area contributed by atoms with E-state index < -0.39 is 47.3 Å². The molecule has 3 heterocycles. The van der Waals surface area contributed by atoms with Crippen molar-refractivity contribution in [3.05, 3.63) is 99.8 Å². The zero-order chi connectivity index (χ0) is 34.7. The smallest absolute Gasteiger partial charge is 0.412 e. The molecule has 3 aromatic carbocycles. The number of likely N-dealkylation sites (tertiary alicyclic amines) is 1. The summed E-state index contributed by atoms with van der Waals surface area (Å²) in [6, 6.07) is 12.8. The van der Waals surface area contributed by atoms with E-state index >= 15 is 4.39 Å². The number of anilines is 2. The standard InChI is InChI=1S/C32H29ClF2N8O6/c33-22-10-11-23-26(27(22)35)32(49-30(46)37-23)13-1-14-42(17-32)29(45)24(16-18-2-6-20(34)7-3-18)36-28(44)19-4-8-21(9-5-19)43(31(47)48)15-12-25-38-40-41-39-25/h2-11,24H,1,12-17H2,(H,36,44)(H,37,46)(H,47,48)(H,38,39,40,41)/t24?,32-/m0/s1. The van der Waals surface area contributed by atoms with E-state index in [9.17, 15) is 28.7 Å². The third-order valence-electron chi connectivity index (χ3n) is 8.42. The van der Waals surface area contributed by atoms with Crippen LogP contribution in [0.1, 0.15) is 40.2 Å². The zero-order valence-electron chi connectivity index (χ0n) is 25.7. The number of H-pyrrole nitrogens is 1. The number of carbonyl (C=O) groups is 4. The summed E-state index contributed by atoms with van der Waals surface area (Å²) in [7, 11) is 0. The van der Waals surface area contributed by atoms with Gasteiger partial charge in [0.2, 0.25) is 5.91 Å². The number of ether oxygens (including phenoxy) is 1. The van der Waals surface area contributed by atoms with Gasteiger partial charge in [-0.3, -0.25) is 19.8 Å². The summed E-state index contributed by atoms with van der Waals surface area (Å²) in [5, 5.41) is 28.2. The molecule has 1 saturated heterocycles. The van der Waals surface area contributed by atoms with Gasteiger partial charge in [0.15, 0.2) is 17.2 Å². The first-order chi connectivity index (χ1) is 23.5. The predicted octanol–water partition coefficient (Wildman–Crippen LogP) is 4.28. The number of amides is 4. The SMILES string of the molecule is O=C1Nc2ccc(Cl)c(F)c2[C@@]2(CCCN(C(=O)C(Cc3ccc(F)cc3)NC(=O)c3ccc(N(CCc4nn[nH]n4)C(=O)O)cc3)C2)O1. The average molecular weight is 695 g/mol. The molecule has 4 N–H and O–H groups in total. The Labute approximate surface area is 282 Å². The van der Waals surface area contributed by atoms with Crippen LogP contribution in [0.25, 0.3) is 0 Å². The van der Waals surface area contributed by atoms with E-state index in [1.165, 1.54) is 65.6 Å². The van der Waals surface area contributed by atoms with Crippen LogP contribution in [0.2, 0.25) is 5.02 Å². The summed E-state index contributed by atoms with van der Waals surface area (Å²) in [6.07, 6.45) is -1.30. The van der Waals surface area contributed by atoms with Gasteiger partial charge >= 0.3 is 12.2 Å². The molecule has 2 aliphatic heterocycles. The molecule has 14 nitrogen and oxygen atoms in total. The van der Waals surface area contributed by atoms with Crippen LogP contribution in [-0.2, 0) is 28.0 Å². The highest BCUT2D eigenvalue weighted by Crippen LogP contribution is 2.45. The van der Waals surface area contributed by atoms with E-state index in [-0.39, 0.29) is 66.4 Å². The molecule has 17 heteroatoms. The Bertz CT molecular complexity index is 1880. The molecule has 49 heavy (non-hydrogen) atoms. The fourth-order valence-corrected chi connectivity index (χ4v) is 6.27. The number of aromatic nitrogens is 4. The minimum Gasteiger partial charge on any atom is -0.465 e. The first kappa shape index (κ1) is 33.3. The minimum absolute atomic E-state index is 0.0204. The number of halogens is 3. The molecule has 2 aliphatic rings. The quantitative estimate of drug-likeness (QED) is 0.199. The lowest BCUT2D eigenvalue weighted by Gasteiger charge is -2.45. The van der Waals surface area contributed by atoms with Crippen molar-refractivity contribution in [3.8, 4) is 0 Å². The first-order valence-electron chi connectivity index (χ1n) is 15.2. The van der Waals surface area contributed by atoms with E-state index in [1.54, 1.807) is 0 Å². The van der Waals surface area contributed by atoms with Gasteiger partial charge in [-0.05, 0) is 66.9 Å². The van der Waals surface area contributed by atoms with Crippen molar-refractivity contribution in [2.24, 2.45) is 0 Å². The van der Waals surface area contributed by atoms with Gasteiger partial charge in [-0.15, -0.1) is 10.2 Å². The third-order valence-corrected chi connectivity index (χ3v) is 8.71. The minimum atomic E-state index is -1.53. The van der Waals surface area contributed by atoms with Gasteiger partial charge in [-0.25, -0.2) is 18.4 Å². The van der Waals surface area contributed by atoms with Crippen molar-refractivity contribution < 1.29 is 37.8 Å². The maximum absolute atomic E-state index is 15.4. The van der Waals surface area contributed by atoms with Crippen molar-refractivity contribution in [2.75, 3.05) is 29.9 Å². The second-order valence-corrected chi connectivity index (χ2v) is 12.0. The fraction of sp³-hybridized carbons (Fsp3) is 0.281. The topological polar surface area (TPSA) is 183 Å². The number of nitrogens with one attached hydrogen (secondary N) is 3. The summed E-state index contributed by atoms with van der Waals surface area (Å²) in [4.78, 5) is 54.6. The van der Waals surface area contributed by atoms with Crippen molar-refractivity contribution >= 4 is 47.0 Å².